The highest BCUT2D eigenvalue weighted by Crippen LogP contribution is 2.07. The minimum atomic E-state index is -0.215. The van der Waals surface area contributed by atoms with Gasteiger partial charge in [-0.25, -0.2) is 0 Å². The van der Waals surface area contributed by atoms with Crippen LogP contribution in [-0.4, -0.2) is 16.6 Å². The van der Waals surface area contributed by atoms with Gasteiger partial charge in [0.15, 0.2) is 24.4 Å². The Morgan fingerprint density at radius 1 is 1.04 bits per heavy atom. The van der Waals surface area contributed by atoms with E-state index in [1.807, 2.05) is 18.2 Å². The van der Waals surface area contributed by atoms with Gasteiger partial charge in [0.2, 0.25) is 0 Å². The average molecular weight is 420 g/mol. The second kappa shape index (κ2) is 11.1. The molecule has 1 aromatic carbocycles. The first-order valence-corrected chi connectivity index (χ1v) is 8.10. The number of benzene rings is 1. The average Bonchev–Trinajstić information content (AvgIpc) is 2.69. The third-order valence-corrected chi connectivity index (χ3v) is 3.86. The summed E-state index contributed by atoms with van der Waals surface area (Å²) < 4.78 is 8.77. The summed E-state index contributed by atoms with van der Waals surface area (Å²) in [7, 11) is 0. The van der Waals surface area contributed by atoms with E-state index in [1.54, 1.807) is 59.6 Å². The van der Waals surface area contributed by atoms with E-state index < -0.39 is 0 Å². The number of nitrogens with zero attached hydrogens (tertiary/aromatic N) is 2. The molecule has 0 saturated heterocycles. The van der Waals surface area contributed by atoms with Crippen LogP contribution in [0.3, 0.4) is 0 Å². The maximum absolute atomic E-state index is 12.5. The van der Waals surface area contributed by atoms with Gasteiger partial charge in [-0.1, -0.05) is 30.3 Å². The molecular weight excluding hydrogens is 401 g/mol. The Kier molecular flexibility index (Phi) is 9.24. The van der Waals surface area contributed by atoms with Gasteiger partial charge in [-0.05, 0) is 18.2 Å². The van der Waals surface area contributed by atoms with Crippen molar-refractivity contribution in [3.8, 4) is 0 Å². The van der Waals surface area contributed by atoms with E-state index in [4.69, 9.17) is 10.1 Å². The molecule has 0 aliphatic rings. The van der Waals surface area contributed by atoms with Gasteiger partial charge in [-0.3, -0.25) is 19.6 Å². The molecular formula is C20H19Cl2N3O3. The SMILES string of the molecule is [Cl-].[Cl-].[NH2+]=Cc1cccn(COC[n+]2cccc(C(=O)c3ccccc3)c2)c1=O. The van der Waals surface area contributed by atoms with Gasteiger partial charge in [0, 0.05) is 17.8 Å². The molecule has 8 heteroatoms. The Morgan fingerprint density at radius 3 is 2.46 bits per heavy atom. The highest BCUT2D eigenvalue weighted by molar-refractivity contribution is 6.08. The molecule has 0 spiro atoms. The van der Waals surface area contributed by atoms with Gasteiger partial charge in [0.25, 0.3) is 12.3 Å². The lowest BCUT2D eigenvalue weighted by molar-refractivity contribution is -0.734. The number of halogens is 2. The van der Waals surface area contributed by atoms with Crippen LogP contribution in [0.4, 0.5) is 0 Å². The molecule has 146 valence electrons. The monoisotopic (exact) mass is 419 g/mol. The van der Waals surface area contributed by atoms with Crippen LogP contribution in [-0.2, 0) is 18.2 Å². The summed E-state index contributed by atoms with van der Waals surface area (Å²) >= 11 is 0. The van der Waals surface area contributed by atoms with Crippen molar-refractivity contribution in [1.29, 1.82) is 0 Å². The van der Waals surface area contributed by atoms with Gasteiger partial charge in [-0.2, -0.15) is 4.57 Å². The molecule has 0 fully saturated rings. The van der Waals surface area contributed by atoms with E-state index in [2.05, 4.69) is 0 Å². The summed E-state index contributed by atoms with van der Waals surface area (Å²) in [5, 5.41) is 5.42. The molecule has 0 radical (unpaired) electrons. The highest BCUT2D eigenvalue weighted by Gasteiger charge is 2.13. The third kappa shape index (κ3) is 5.60. The fraction of sp³-hybridized carbons (Fsp3) is 0.100. The van der Waals surface area contributed by atoms with Gasteiger partial charge in [-0.15, -0.1) is 0 Å². The van der Waals surface area contributed by atoms with Crippen LogP contribution in [0.15, 0.2) is 78.0 Å². The first-order chi connectivity index (χ1) is 12.7. The topological polar surface area (TPSA) is 77.8 Å². The second-order valence-corrected chi connectivity index (χ2v) is 5.67. The summed E-state index contributed by atoms with van der Waals surface area (Å²) in [6.07, 6.45) is 6.43. The summed E-state index contributed by atoms with van der Waals surface area (Å²) in [5.41, 5.74) is 1.40. The predicted octanol–water partition coefficient (Wildman–Crippen LogP) is -5.82. The molecule has 2 heterocycles. The van der Waals surface area contributed by atoms with Crippen molar-refractivity contribution in [2.24, 2.45) is 0 Å². The van der Waals surface area contributed by atoms with Crippen molar-refractivity contribution in [3.05, 3.63) is 100 Å². The number of hydrogen-bond donors (Lipinski definition) is 1. The molecule has 0 atom stereocenters. The Bertz CT molecular complexity index is 991. The van der Waals surface area contributed by atoms with Crippen molar-refractivity contribution >= 4 is 12.0 Å². The van der Waals surface area contributed by atoms with Gasteiger partial charge >= 0.3 is 0 Å². The first-order valence-electron chi connectivity index (χ1n) is 8.10. The van der Waals surface area contributed by atoms with Gasteiger partial charge in [0.1, 0.15) is 12.3 Å². The lowest BCUT2D eigenvalue weighted by atomic mass is 10.1. The van der Waals surface area contributed by atoms with Crippen LogP contribution in [0.2, 0.25) is 0 Å². The molecule has 2 N–H and O–H groups in total. The fourth-order valence-corrected chi connectivity index (χ4v) is 2.52. The van der Waals surface area contributed by atoms with Gasteiger partial charge < -0.3 is 29.6 Å². The van der Waals surface area contributed by atoms with Crippen LogP contribution in [0, 0.1) is 0 Å². The molecule has 3 aromatic rings. The number of hydrogen-bond acceptors (Lipinski definition) is 3. The zero-order chi connectivity index (χ0) is 18.4. The van der Waals surface area contributed by atoms with E-state index in [0.717, 1.165) is 0 Å². The van der Waals surface area contributed by atoms with E-state index >= 15 is 0 Å². The zero-order valence-corrected chi connectivity index (χ0v) is 16.4. The molecule has 0 bridgehead atoms. The molecule has 2 aromatic heterocycles. The minimum absolute atomic E-state index is 0. The number of ether oxygens (including phenoxy) is 1. The lowest BCUT2D eigenvalue weighted by Gasteiger charge is -2.06. The van der Waals surface area contributed by atoms with Crippen molar-refractivity contribution in [2.45, 2.75) is 13.5 Å². The van der Waals surface area contributed by atoms with Crippen LogP contribution in [0.1, 0.15) is 21.5 Å². The van der Waals surface area contributed by atoms with Crippen molar-refractivity contribution < 1.29 is 44.3 Å². The fourth-order valence-electron chi connectivity index (χ4n) is 2.52. The molecule has 28 heavy (non-hydrogen) atoms. The minimum Gasteiger partial charge on any atom is -1.00 e. The lowest BCUT2D eigenvalue weighted by Crippen LogP contribution is -3.00. The standard InChI is InChI=1S/C20H18N3O3.2ClH/c21-12-17-8-5-11-23(20(17)25)15-26-14-22-10-4-9-18(13-22)19(24)16-6-2-1-3-7-16;;/h1-13,21H,14-15H2;2*1H/q+1;;/p-1. The van der Waals surface area contributed by atoms with E-state index in [-0.39, 0.29) is 49.6 Å². The third-order valence-electron chi connectivity index (χ3n) is 3.86. The van der Waals surface area contributed by atoms with Gasteiger partial charge in [0.05, 0.1) is 5.56 Å². The molecule has 0 saturated carbocycles. The van der Waals surface area contributed by atoms with E-state index in [1.165, 1.54) is 10.8 Å². The van der Waals surface area contributed by atoms with E-state index in [0.29, 0.717) is 16.7 Å². The van der Waals surface area contributed by atoms with Crippen molar-refractivity contribution in [3.63, 3.8) is 0 Å². The van der Waals surface area contributed by atoms with Crippen LogP contribution in [0.5, 0.6) is 0 Å². The summed E-state index contributed by atoms with van der Waals surface area (Å²) in [6, 6.07) is 16.0. The normalized spacial score (nSPS) is 9.71. The predicted molar refractivity (Wildman–Crippen MR) is 95.4 cm³/mol. The van der Waals surface area contributed by atoms with Crippen LogP contribution in [0.25, 0.3) is 0 Å². The number of carbonyl (C=O) groups is 1. The van der Waals surface area contributed by atoms with Crippen LogP contribution >= 0.6 is 0 Å². The maximum Gasteiger partial charge on any atom is 0.265 e. The van der Waals surface area contributed by atoms with Crippen LogP contribution < -0.4 is 40.3 Å². The number of pyridine rings is 2. The maximum atomic E-state index is 12.5. The quantitative estimate of drug-likeness (QED) is 0.235. The van der Waals surface area contributed by atoms with Crippen molar-refractivity contribution in [1.82, 2.24) is 4.57 Å². The largest absolute Gasteiger partial charge is 1.00 e. The van der Waals surface area contributed by atoms with Crippen molar-refractivity contribution in [2.75, 3.05) is 0 Å². The smallest absolute Gasteiger partial charge is 0.265 e. The Hall–Kier alpha value is -2.80. The highest BCUT2D eigenvalue weighted by atomic mass is 35.5. The molecule has 0 amide bonds. The Morgan fingerprint density at radius 2 is 1.75 bits per heavy atom. The first kappa shape index (κ1) is 23.2. The molecule has 6 nitrogen and oxygen atoms in total. The Labute approximate surface area is 174 Å². The summed E-state index contributed by atoms with van der Waals surface area (Å²) in [4.78, 5) is 24.6. The number of aromatic nitrogens is 2. The molecule has 0 aliphatic carbocycles. The molecule has 0 unspecified atom stereocenters. The number of ketones is 1. The number of rotatable bonds is 7. The van der Waals surface area contributed by atoms with E-state index in [9.17, 15) is 9.59 Å². The molecule has 3 rings (SSSR count). The number of carbonyl (C=O) groups excluding carboxylic acids is 1. The zero-order valence-electron chi connectivity index (χ0n) is 14.9. The second-order valence-electron chi connectivity index (χ2n) is 5.67. The Balaban J connectivity index is 0.00000196. The summed E-state index contributed by atoms with van der Waals surface area (Å²) in [6.45, 7) is 0.295. The molecule has 0 aliphatic heterocycles. The summed E-state index contributed by atoms with van der Waals surface area (Å²) in [5.74, 6) is -0.0534. The number of nitrogens with two attached hydrogens (primary N) is 1.